The van der Waals surface area contributed by atoms with Gasteiger partial charge in [0.05, 0.1) is 5.39 Å². The van der Waals surface area contributed by atoms with Crippen LogP contribution in [0.5, 0.6) is 0 Å². The Morgan fingerprint density at radius 1 is 1.10 bits per heavy atom. The number of aromatic nitrogens is 2. The van der Waals surface area contributed by atoms with Crippen LogP contribution < -0.4 is 16.2 Å². The number of carbonyl (C=O) groups excluding carboxylic acids is 2. The Balaban J connectivity index is 1.82. The number of amides is 2. The first-order valence-electron chi connectivity index (χ1n) is 10.0. The molecule has 0 radical (unpaired) electrons. The number of carbonyl (C=O) groups is 2. The summed E-state index contributed by atoms with van der Waals surface area (Å²) in [5.74, 6) is -0.423. The minimum absolute atomic E-state index is 0.0359. The minimum atomic E-state index is -0.373. The SMILES string of the molecule is COCC(=O)Nc1cccc(CNC(=O)c2nn(CC(C)C)c(=O)c3ccccc23)c1. The summed E-state index contributed by atoms with van der Waals surface area (Å²) in [5, 5.41) is 10.9. The molecule has 3 rings (SSSR count). The zero-order chi connectivity index (χ0) is 22.4. The van der Waals surface area contributed by atoms with Gasteiger partial charge in [-0.15, -0.1) is 0 Å². The maximum atomic E-state index is 13.0. The molecule has 0 saturated carbocycles. The van der Waals surface area contributed by atoms with Crippen molar-refractivity contribution >= 4 is 28.3 Å². The van der Waals surface area contributed by atoms with Crippen molar-refractivity contribution in [3.8, 4) is 0 Å². The Hall–Kier alpha value is -3.52. The van der Waals surface area contributed by atoms with Gasteiger partial charge in [-0.2, -0.15) is 5.10 Å². The molecule has 0 aliphatic carbocycles. The van der Waals surface area contributed by atoms with Crippen LogP contribution in [-0.2, 0) is 22.6 Å². The molecule has 0 saturated heterocycles. The van der Waals surface area contributed by atoms with Crippen LogP contribution in [0.2, 0.25) is 0 Å². The van der Waals surface area contributed by atoms with Crippen molar-refractivity contribution < 1.29 is 14.3 Å². The van der Waals surface area contributed by atoms with Gasteiger partial charge in [0.2, 0.25) is 5.91 Å². The fourth-order valence-corrected chi connectivity index (χ4v) is 3.23. The van der Waals surface area contributed by atoms with Crippen molar-refractivity contribution in [3.63, 3.8) is 0 Å². The normalized spacial score (nSPS) is 11.0. The van der Waals surface area contributed by atoms with Gasteiger partial charge in [-0.25, -0.2) is 4.68 Å². The molecule has 1 heterocycles. The van der Waals surface area contributed by atoms with Gasteiger partial charge in [-0.05, 0) is 29.7 Å². The molecule has 8 nitrogen and oxygen atoms in total. The Morgan fingerprint density at radius 2 is 1.84 bits per heavy atom. The summed E-state index contributed by atoms with van der Waals surface area (Å²) >= 11 is 0. The lowest BCUT2D eigenvalue weighted by Crippen LogP contribution is -2.31. The molecule has 0 spiro atoms. The molecule has 31 heavy (non-hydrogen) atoms. The first kappa shape index (κ1) is 22.2. The first-order chi connectivity index (χ1) is 14.9. The fraction of sp³-hybridized carbons (Fsp3) is 0.304. The second-order valence-electron chi connectivity index (χ2n) is 7.64. The highest BCUT2D eigenvalue weighted by Crippen LogP contribution is 2.15. The summed E-state index contributed by atoms with van der Waals surface area (Å²) in [6.45, 7) is 4.61. The van der Waals surface area contributed by atoms with Crippen LogP contribution in [0.3, 0.4) is 0 Å². The molecule has 0 unspecified atom stereocenters. The third-order valence-electron chi connectivity index (χ3n) is 4.56. The van der Waals surface area contributed by atoms with E-state index in [1.54, 1.807) is 42.5 Å². The van der Waals surface area contributed by atoms with E-state index in [1.165, 1.54) is 11.8 Å². The van der Waals surface area contributed by atoms with Gasteiger partial charge in [0.1, 0.15) is 6.61 Å². The van der Waals surface area contributed by atoms with E-state index in [2.05, 4.69) is 15.7 Å². The van der Waals surface area contributed by atoms with Crippen LogP contribution in [-0.4, -0.2) is 35.3 Å². The summed E-state index contributed by atoms with van der Waals surface area (Å²) in [6, 6.07) is 14.2. The molecular formula is C23H26N4O4. The zero-order valence-corrected chi connectivity index (χ0v) is 17.8. The van der Waals surface area contributed by atoms with E-state index < -0.39 is 0 Å². The van der Waals surface area contributed by atoms with Gasteiger partial charge in [0, 0.05) is 31.3 Å². The van der Waals surface area contributed by atoms with Gasteiger partial charge in [-0.1, -0.05) is 44.2 Å². The standard InChI is InChI=1S/C23H26N4O4/c1-15(2)13-27-23(30)19-10-5-4-9-18(19)21(26-27)22(29)24-12-16-7-6-8-17(11-16)25-20(28)14-31-3/h4-11,15H,12-14H2,1-3H3,(H,24,29)(H,25,28). The van der Waals surface area contributed by atoms with E-state index in [9.17, 15) is 14.4 Å². The molecule has 8 heteroatoms. The summed E-state index contributed by atoms with van der Waals surface area (Å²) in [4.78, 5) is 37.4. The average molecular weight is 422 g/mol. The van der Waals surface area contributed by atoms with Crippen LogP contribution in [0.1, 0.15) is 29.9 Å². The summed E-state index contributed by atoms with van der Waals surface area (Å²) < 4.78 is 6.17. The number of rotatable bonds is 8. The monoisotopic (exact) mass is 422 g/mol. The Morgan fingerprint density at radius 3 is 2.55 bits per heavy atom. The second kappa shape index (κ2) is 9.99. The largest absolute Gasteiger partial charge is 0.375 e. The van der Waals surface area contributed by atoms with Gasteiger partial charge < -0.3 is 15.4 Å². The number of nitrogens with one attached hydrogen (secondary N) is 2. The van der Waals surface area contributed by atoms with Gasteiger partial charge >= 0.3 is 0 Å². The molecule has 0 aliphatic rings. The topological polar surface area (TPSA) is 102 Å². The Kier molecular flexibility index (Phi) is 7.15. The van der Waals surface area contributed by atoms with E-state index in [0.29, 0.717) is 23.0 Å². The predicted octanol–water partition coefficient (Wildman–Crippen LogP) is 2.57. The van der Waals surface area contributed by atoms with Crippen molar-refractivity contribution in [2.45, 2.75) is 26.9 Å². The van der Waals surface area contributed by atoms with E-state index in [0.717, 1.165) is 5.56 Å². The number of nitrogens with zero attached hydrogens (tertiary/aromatic N) is 2. The van der Waals surface area contributed by atoms with E-state index in [4.69, 9.17) is 4.74 Å². The van der Waals surface area contributed by atoms with Crippen LogP contribution in [0, 0.1) is 5.92 Å². The molecule has 2 amide bonds. The molecule has 0 fully saturated rings. The van der Waals surface area contributed by atoms with Gasteiger partial charge in [-0.3, -0.25) is 14.4 Å². The number of fused-ring (bicyclic) bond motifs is 1. The lowest BCUT2D eigenvalue weighted by molar-refractivity contribution is -0.119. The molecule has 2 aromatic carbocycles. The fourth-order valence-electron chi connectivity index (χ4n) is 3.23. The van der Waals surface area contributed by atoms with Crippen LogP contribution >= 0.6 is 0 Å². The van der Waals surface area contributed by atoms with Crippen molar-refractivity contribution in [2.75, 3.05) is 19.0 Å². The summed E-state index contributed by atoms with van der Waals surface area (Å²) in [5.41, 5.74) is 1.42. The molecule has 3 aromatic rings. The number of ether oxygens (including phenoxy) is 1. The van der Waals surface area contributed by atoms with Crippen molar-refractivity contribution in [1.82, 2.24) is 15.1 Å². The van der Waals surface area contributed by atoms with Crippen molar-refractivity contribution in [3.05, 3.63) is 70.1 Å². The van der Waals surface area contributed by atoms with E-state index in [1.807, 2.05) is 19.9 Å². The Bertz CT molecular complexity index is 1150. The van der Waals surface area contributed by atoms with Gasteiger partial charge in [0.25, 0.3) is 11.5 Å². The van der Waals surface area contributed by atoms with E-state index in [-0.39, 0.29) is 42.1 Å². The molecule has 0 aliphatic heterocycles. The van der Waals surface area contributed by atoms with Crippen LogP contribution in [0.4, 0.5) is 5.69 Å². The minimum Gasteiger partial charge on any atom is -0.375 e. The third-order valence-corrected chi connectivity index (χ3v) is 4.56. The summed E-state index contributed by atoms with van der Waals surface area (Å²) in [7, 11) is 1.45. The predicted molar refractivity (Wildman–Crippen MR) is 119 cm³/mol. The number of benzene rings is 2. The van der Waals surface area contributed by atoms with E-state index >= 15 is 0 Å². The van der Waals surface area contributed by atoms with Gasteiger partial charge in [0.15, 0.2) is 5.69 Å². The highest BCUT2D eigenvalue weighted by molar-refractivity contribution is 6.04. The average Bonchev–Trinajstić information content (AvgIpc) is 2.74. The molecular weight excluding hydrogens is 396 g/mol. The Labute approximate surface area is 180 Å². The van der Waals surface area contributed by atoms with Crippen LogP contribution in [0.15, 0.2) is 53.3 Å². The smallest absolute Gasteiger partial charge is 0.274 e. The highest BCUT2D eigenvalue weighted by Gasteiger charge is 2.17. The second-order valence-corrected chi connectivity index (χ2v) is 7.64. The lowest BCUT2D eigenvalue weighted by atomic mass is 10.1. The molecule has 162 valence electrons. The van der Waals surface area contributed by atoms with Crippen molar-refractivity contribution in [1.29, 1.82) is 0 Å². The maximum Gasteiger partial charge on any atom is 0.274 e. The quantitative estimate of drug-likeness (QED) is 0.581. The van der Waals surface area contributed by atoms with Crippen LogP contribution in [0.25, 0.3) is 10.8 Å². The van der Waals surface area contributed by atoms with Crippen molar-refractivity contribution in [2.24, 2.45) is 5.92 Å². The number of hydrogen-bond donors (Lipinski definition) is 2. The molecule has 2 N–H and O–H groups in total. The number of methoxy groups -OCH3 is 1. The highest BCUT2D eigenvalue weighted by atomic mass is 16.5. The number of hydrogen-bond acceptors (Lipinski definition) is 5. The lowest BCUT2D eigenvalue weighted by Gasteiger charge is -2.13. The molecule has 0 atom stereocenters. The molecule has 0 bridgehead atoms. The summed E-state index contributed by atoms with van der Waals surface area (Å²) in [6.07, 6.45) is 0. The zero-order valence-electron chi connectivity index (χ0n) is 17.8. The number of anilines is 1. The first-order valence-corrected chi connectivity index (χ1v) is 10.0. The maximum absolute atomic E-state index is 13.0. The molecule has 1 aromatic heterocycles. The third kappa shape index (κ3) is 5.55.